The van der Waals surface area contributed by atoms with Crippen LogP contribution in [0.5, 0.6) is 0 Å². The number of hydrogen-bond acceptors (Lipinski definition) is 2. The number of aliphatic hydroxyl groups is 1. The van der Waals surface area contributed by atoms with Gasteiger partial charge in [0.1, 0.15) is 6.61 Å². The van der Waals surface area contributed by atoms with E-state index in [1.807, 2.05) is 30.0 Å². The van der Waals surface area contributed by atoms with Crippen molar-refractivity contribution in [1.82, 2.24) is 4.90 Å². The molecule has 0 aromatic heterocycles. The summed E-state index contributed by atoms with van der Waals surface area (Å²) in [4.78, 5) is 14.9. The van der Waals surface area contributed by atoms with Crippen molar-refractivity contribution in [2.24, 2.45) is 0 Å². The lowest BCUT2D eigenvalue weighted by Gasteiger charge is -2.39. The standard InChI is InChI=1S/C18H23NO2/c1-13-9-10-16(8-5-11-20)12-17(13)18(21)19-14(2)6-4-7-15(19)3/h9-10,12,14-15,20H,4,6-7,11H2,1-3H3. The predicted octanol–water partition coefficient (Wildman–Crippen LogP) is 2.74. The molecule has 0 spiro atoms. The minimum Gasteiger partial charge on any atom is -0.384 e. The number of nitrogens with zero attached hydrogens (tertiary/aromatic N) is 1. The van der Waals surface area contributed by atoms with Gasteiger partial charge in [-0.2, -0.15) is 0 Å². The monoisotopic (exact) mass is 285 g/mol. The van der Waals surface area contributed by atoms with Crippen LogP contribution < -0.4 is 0 Å². The van der Waals surface area contributed by atoms with Gasteiger partial charge in [0.25, 0.3) is 5.91 Å². The van der Waals surface area contributed by atoms with Crippen molar-refractivity contribution >= 4 is 5.91 Å². The molecule has 0 saturated carbocycles. The Balaban J connectivity index is 2.33. The second-order valence-electron chi connectivity index (χ2n) is 5.83. The average Bonchev–Trinajstić information content (AvgIpc) is 2.46. The summed E-state index contributed by atoms with van der Waals surface area (Å²) in [5.74, 6) is 5.60. The Hall–Kier alpha value is -1.79. The van der Waals surface area contributed by atoms with Crippen LogP contribution in [-0.4, -0.2) is 34.6 Å². The van der Waals surface area contributed by atoms with Crippen LogP contribution in [-0.2, 0) is 0 Å². The van der Waals surface area contributed by atoms with Gasteiger partial charge in [-0.1, -0.05) is 17.9 Å². The van der Waals surface area contributed by atoms with E-state index in [1.54, 1.807) is 0 Å². The van der Waals surface area contributed by atoms with Gasteiger partial charge in [-0.25, -0.2) is 0 Å². The fourth-order valence-electron chi connectivity index (χ4n) is 3.03. The van der Waals surface area contributed by atoms with Gasteiger partial charge in [-0.15, -0.1) is 0 Å². The Morgan fingerprint density at radius 3 is 2.62 bits per heavy atom. The van der Waals surface area contributed by atoms with Crippen molar-refractivity contribution in [3.63, 3.8) is 0 Å². The third-order valence-corrected chi connectivity index (χ3v) is 4.21. The smallest absolute Gasteiger partial charge is 0.254 e. The molecule has 1 amide bonds. The van der Waals surface area contributed by atoms with E-state index in [1.165, 1.54) is 6.42 Å². The highest BCUT2D eigenvalue weighted by Gasteiger charge is 2.30. The van der Waals surface area contributed by atoms with Gasteiger partial charge < -0.3 is 10.0 Å². The first-order chi connectivity index (χ1) is 10.0. The van der Waals surface area contributed by atoms with Crippen LogP contribution in [0.15, 0.2) is 18.2 Å². The molecular formula is C18H23NO2. The quantitative estimate of drug-likeness (QED) is 0.806. The van der Waals surface area contributed by atoms with Gasteiger partial charge >= 0.3 is 0 Å². The van der Waals surface area contributed by atoms with E-state index in [2.05, 4.69) is 25.7 Å². The zero-order valence-corrected chi connectivity index (χ0v) is 13.0. The highest BCUT2D eigenvalue weighted by molar-refractivity contribution is 5.96. The number of likely N-dealkylation sites (tertiary alicyclic amines) is 1. The number of rotatable bonds is 1. The molecule has 2 atom stereocenters. The van der Waals surface area contributed by atoms with E-state index in [0.29, 0.717) is 0 Å². The molecule has 2 unspecified atom stereocenters. The molecule has 3 nitrogen and oxygen atoms in total. The van der Waals surface area contributed by atoms with Gasteiger partial charge in [0.15, 0.2) is 0 Å². The molecule has 21 heavy (non-hydrogen) atoms. The average molecular weight is 285 g/mol. The Labute approximate surface area is 127 Å². The molecule has 0 radical (unpaired) electrons. The third kappa shape index (κ3) is 3.46. The first-order valence-corrected chi connectivity index (χ1v) is 7.57. The molecule has 1 aliphatic heterocycles. The topological polar surface area (TPSA) is 40.5 Å². The van der Waals surface area contributed by atoms with Gasteiger partial charge in [-0.05, 0) is 57.7 Å². The third-order valence-electron chi connectivity index (χ3n) is 4.21. The Morgan fingerprint density at radius 1 is 1.33 bits per heavy atom. The summed E-state index contributed by atoms with van der Waals surface area (Å²) >= 11 is 0. The van der Waals surface area contributed by atoms with Crippen molar-refractivity contribution in [3.05, 3.63) is 34.9 Å². The fraction of sp³-hybridized carbons (Fsp3) is 0.500. The van der Waals surface area contributed by atoms with E-state index < -0.39 is 0 Å². The fourth-order valence-corrected chi connectivity index (χ4v) is 3.03. The summed E-state index contributed by atoms with van der Waals surface area (Å²) in [5.41, 5.74) is 2.47. The number of amides is 1. The molecule has 0 aliphatic carbocycles. The van der Waals surface area contributed by atoms with Crippen LogP contribution in [0, 0.1) is 18.8 Å². The number of carbonyl (C=O) groups is 1. The van der Waals surface area contributed by atoms with Crippen LogP contribution in [0.2, 0.25) is 0 Å². The van der Waals surface area contributed by atoms with Crippen molar-refractivity contribution < 1.29 is 9.90 Å². The number of hydrogen-bond donors (Lipinski definition) is 1. The van der Waals surface area contributed by atoms with Crippen LogP contribution in [0.4, 0.5) is 0 Å². The van der Waals surface area contributed by atoms with E-state index in [-0.39, 0.29) is 24.6 Å². The number of benzene rings is 1. The summed E-state index contributed by atoms with van der Waals surface area (Å²) in [6, 6.07) is 6.22. The maximum absolute atomic E-state index is 12.9. The molecular weight excluding hydrogens is 262 g/mol. The number of aliphatic hydroxyl groups excluding tert-OH is 1. The summed E-state index contributed by atoms with van der Waals surface area (Å²) in [6.45, 7) is 6.03. The Kier molecular flexibility index (Phi) is 5.03. The largest absolute Gasteiger partial charge is 0.384 e. The van der Waals surface area contributed by atoms with Gasteiger partial charge in [0.2, 0.25) is 0 Å². The van der Waals surface area contributed by atoms with Crippen LogP contribution in [0.25, 0.3) is 0 Å². The van der Waals surface area contributed by atoms with E-state index in [4.69, 9.17) is 5.11 Å². The van der Waals surface area contributed by atoms with Crippen molar-refractivity contribution in [3.8, 4) is 11.8 Å². The predicted molar refractivity (Wildman–Crippen MR) is 84.1 cm³/mol. The number of piperidine rings is 1. The molecule has 1 N–H and O–H groups in total. The van der Waals surface area contributed by atoms with Crippen molar-refractivity contribution in [2.75, 3.05) is 6.61 Å². The molecule has 1 fully saturated rings. The molecule has 1 aliphatic rings. The van der Waals surface area contributed by atoms with Crippen LogP contribution in [0.3, 0.4) is 0 Å². The van der Waals surface area contributed by atoms with Crippen LogP contribution >= 0.6 is 0 Å². The Bertz CT molecular complexity index is 573. The molecule has 2 rings (SSSR count). The lowest BCUT2D eigenvalue weighted by atomic mass is 9.95. The van der Waals surface area contributed by atoms with Crippen LogP contribution in [0.1, 0.15) is 54.6 Å². The SMILES string of the molecule is Cc1ccc(C#CCO)cc1C(=O)N1C(C)CCCC1C. The Morgan fingerprint density at radius 2 is 2.00 bits per heavy atom. The second-order valence-corrected chi connectivity index (χ2v) is 5.83. The first kappa shape index (κ1) is 15.6. The molecule has 1 saturated heterocycles. The summed E-state index contributed by atoms with van der Waals surface area (Å²) in [5, 5.41) is 8.79. The molecule has 0 bridgehead atoms. The highest BCUT2D eigenvalue weighted by atomic mass is 16.2. The van der Waals surface area contributed by atoms with Gasteiger partial charge in [-0.3, -0.25) is 4.79 Å². The normalized spacial score (nSPS) is 21.6. The van der Waals surface area contributed by atoms with Crippen molar-refractivity contribution in [2.45, 2.75) is 52.1 Å². The minimum atomic E-state index is -0.169. The molecule has 1 heterocycles. The maximum atomic E-state index is 12.9. The van der Waals surface area contributed by atoms with E-state index >= 15 is 0 Å². The van der Waals surface area contributed by atoms with E-state index in [9.17, 15) is 4.79 Å². The highest BCUT2D eigenvalue weighted by Crippen LogP contribution is 2.25. The zero-order chi connectivity index (χ0) is 15.4. The summed E-state index contributed by atoms with van der Waals surface area (Å²) < 4.78 is 0. The summed E-state index contributed by atoms with van der Waals surface area (Å²) in [6.07, 6.45) is 3.32. The number of aryl methyl sites for hydroxylation is 1. The van der Waals surface area contributed by atoms with Gasteiger partial charge in [0, 0.05) is 23.2 Å². The molecule has 1 aromatic rings. The molecule has 3 heteroatoms. The first-order valence-electron chi connectivity index (χ1n) is 7.57. The number of carbonyl (C=O) groups excluding carboxylic acids is 1. The molecule has 112 valence electrons. The van der Waals surface area contributed by atoms with E-state index in [0.717, 1.165) is 29.5 Å². The van der Waals surface area contributed by atoms with Crippen molar-refractivity contribution in [1.29, 1.82) is 0 Å². The maximum Gasteiger partial charge on any atom is 0.254 e. The lowest BCUT2D eigenvalue weighted by Crippen LogP contribution is -2.47. The zero-order valence-electron chi connectivity index (χ0n) is 13.0. The molecule has 1 aromatic carbocycles. The second kappa shape index (κ2) is 6.78. The summed E-state index contributed by atoms with van der Waals surface area (Å²) in [7, 11) is 0. The van der Waals surface area contributed by atoms with Gasteiger partial charge in [0.05, 0.1) is 0 Å². The lowest BCUT2D eigenvalue weighted by molar-refractivity contribution is 0.0510. The minimum absolute atomic E-state index is 0.0971.